The number of anilines is 1. The Labute approximate surface area is 280 Å². The van der Waals surface area contributed by atoms with E-state index >= 15 is 0 Å². The Morgan fingerprint density at radius 1 is 0.771 bits per heavy atom. The first-order valence-corrected chi connectivity index (χ1v) is 15.8. The average Bonchev–Trinajstić information content (AvgIpc) is 3.52. The van der Waals surface area contributed by atoms with E-state index in [4.69, 9.17) is 0 Å². The number of carbonyl (C=O) groups excluding carboxylic acids is 1. The summed E-state index contributed by atoms with van der Waals surface area (Å²) in [5.74, 6) is -0.132. The minimum absolute atomic E-state index is 0.0305. The van der Waals surface area contributed by atoms with Crippen molar-refractivity contribution < 1.29 is 15.0 Å². The van der Waals surface area contributed by atoms with Gasteiger partial charge in [0, 0.05) is 40.0 Å². The number of aromatic amines is 2. The molecule has 0 saturated carbocycles. The normalized spacial score (nSPS) is 11.6. The van der Waals surface area contributed by atoms with Crippen LogP contribution in [0.2, 0.25) is 0 Å². The van der Waals surface area contributed by atoms with E-state index in [-0.39, 0.29) is 33.3 Å². The molecule has 0 atom stereocenters. The van der Waals surface area contributed by atoms with Gasteiger partial charge in [-0.3, -0.25) is 14.7 Å². The summed E-state index contributed by atoms with van der Waals surface area (Å²) in [6.07, 6.45) is 1.43. The van der Waals surface area contributed by atoms with Crippen LogP contribution in [0.1, 0.15) is 68.6 Å². The molecule has 0 saturated heterocycles. The summed E-state index contributed by atoms with van der Waals surface area (Å²) in [5.41, 5.74) is 6.68. The highest BCUT2D eigenvalue weighted by Crippen LogP contribution is 2.39. The van der Waals surface area contributed by atoms with E-state index in [9.17, 15) is 19.8 Å². The SMILES string of the molecule is CC(C)(C)c1cc(C(C)(C)C)c(NC(=O)c2c[nH]c3ccccc3c2=O)cc1O.Cc1ccc(O)c(-c2cc(-c3ccccc3)n[nH]2)c1. The van der Waals surface area contributed by atoms with Crippen molar-refractivity contribution >= 4 is 22.5 Å². The summed E-state index contributed by atoms with van der Waals surface area (Å²) in [6, 6.07) is 28.0. The summed E-state index contributed by atoms with van der Waals surface area (Å²) >= 11 is 0. The molecule has 0 unspecified atom stereocenters. The number of rotatable bonds is 4. The maximum atomic E-state index is 12.9. The Morgan fingerprint density at radius 3 is 2.12 bits per heavy atom. The van der Waals surface area contributed by atoms with Crippen LogP contribution >= 0.6 is 0 Å². The molecule has 6 rings (SSSR count). The highest BCUT2D eigenvalue weighted by atomic mass is 16.3. The maximum absolute atomic E-state index is 12.9. The molecule has 2 heterocycles. The quantitative estimate of drug-likeness (QED) is 0.131. The van der Waals surface area contributed by atoms with Crippen LogP contribution in [0.3, 0.4) is 0 Å². The first kappa shape index (κ1) is 33.7. The maximum Gasteiger partial charge on any atom is 0.261 e. The average molecular weight is 643 g/mol. The van der Waals surface area contributed by atoms with E-state index in [1.54, 1.807) is 30.3 Å². The second kappa shape index (κ2) is 13.2. The minimum Gasteiger partial charge on any atom is -0.508 e. The van der Waals surface area contributed by atoms with Crippen molar-refractivity contribution in [2.24, 2.45) is 0 Å². The van der Waals surface area contributed by atoms with Gasteiger partial charge in [-0.2, -0.15) is 5.10 Å². The number of pyridine rings is 1. The monoisotopic (exact) mass is 642 g/mol. The van der Waals surface area contributed by atoms with Gasteiger partial charge in [0.05, 0.1) is 11.4 Å². The Bertz CT molecular complexity index is 2150. The predicted molar refractivity (Wildman–Crippen MR) is 194 cm³/mol. The van der Waals surface area contributed by atoms with Crippen molar-refractivity contribution in [1.29, 1.82) is 0 Å². The van der Waals surface area contributed by atoms with Crippen LogP contribution in [0, 0.1) is 6.92 Å². The summed E-state index contributed by atoms with van der Waals surface area (Å²) in [5, 5.41) is 31.1. The van der Waals surface area contributed by atoms with Gasteiger partial charge in [-0.1, -0.05) is 95.6 Å². The second-order valence-electron chi connectivity index (χ2n) is 14.0. The van der Waals surface area contributed by atoms with Crippen molar-refractivity contribution in [3.63, 3.8) is 0 Å². The first-order valence-electron chi connectivity index (χ1n) is 15.8. The Morgan fingerprint density at radius 2 is 1.44 bits per heavy atom. The summed E-state index contributed by atoms with van der Waals surface area (Å²) in [4.78, 5) is 28.7. The fourth-order valence-electron chi connectivity index (χ4n) is 5.52. The molecular formula is C40H42N4O4. The molecule has 0 aliphatic rings. The van der Waals surface area contributed by atoms with Crippen molar-refractivity contribution in [3.8, 4) is 34.0 Å². The van der Waals surface area contributed by atoms with Crippen LogP contribution in [0.5, 0.6) is 11.5 Å². The molecule has 0 aliphatic carbocycles. The van der Waals surface area contributed by atoms with Crippen LogP contribution in [-0.4, -0.2) is 31.3 Å². The van der Waals surface area contributed by atoms with E-state index in [2.05, 4.69) is 20.5 Å². The van der Waals surface area contributed by atoms with E-state index in [1.807, 2.05) is 109 Å². The number of nitrogens with one attached hydrogen (secondary N) is 3. The van der Waals surface area contributed by atoms with Gasteiger partial charge in [0.25, 0.3) is 5.91 Å². The molecule has 0 spiro atoms. The van der Waals surface area contributed by atoms with Crippen LogP contribution in [0.25, 0.3) is 33.4 Å². The molecule has 8 heteroatoms. The largest absolute Gasteiger partial charge is 0.508 e. The van der Waals surface area contributed by atoms with Gasteiger partial charge in [0.2, 0.25) is 5.43 Å². The fourth-order valence-corrected chi connectivity index (χ4v) is 5.52. The number of amides is 1. The molecule has 4 aromatic carbocycles. The van der Waals surface area contributed by atoms with Gasteiger partial charge >= 0.3 is 0 Å². The topological polar surface area (TPSA) is 131 Å². The second-order valence-corrected chi connectivity index (χ2v) is 14.0. The number of phenols is 2. The van der Waals surface area contributed by atoms with E-state index in [1.165, 1.54) is 6.20 Å². The molecule has 0 aliphatic heterocycles. The van der Waals surface area contributed by atoms with Gasteiger partial charge in [-0.15, -0.1) is 0 Å². The highest BCUT2D eigenvalue weighted by molar-refractivity contribution is 6.06. The van der Waals surface area contributed by atoms with Crippen molar-refractivity contribution in [2.75, 3.05) is 5.32 Å². The van der Waals surface area contributed by atoms with Crippen LogP contribution in [0.4, 0.5) is 5.69 Å². The smallest absolute Gasteiger partial charge is 0.261 e. The molecule has 1 amide bonds. The zero-order chi connectivity index (χ0) is 34.8. The number of H-pyrrole nitrogens is 2. The third-order valence-corrected chi connectivity index (χ3v) is 8.12. The lowest BCUT2D eigenvalue weighted by Crippen LogP contribution is -2.25. The molecule has 246 valence electrons. The lowest BCUT2D eigenvalue weighted by atomic mass is 9.79. The standard InChI is InChI=1S/C24H28N2O3.C16H14N2O/c1-23(2,3)16-11-17(24(4,5)6)20(27)12-19(16)26-22(29)15-13-25-18-10-8-7-9-14(18)21(15)28;1-11-7-8-16(19)13(9-11)15-10-14(17-18-15)12-5-3-2-4-6-12/h7-13,27H,1-6H3,(H,25,28)(H,26,29);2-10,19H,1H3,(H,17,18). The number of para-hydroxylation sites is 1. The number of aryl methyl sites for hydroxylation is 1. The third-order valence-electron chi connectivity index (χ3n) is 8.12. The third kappa shape index (κ3) is 7.33. The van der Waals surface area contributed by atoms with Gasteiger partial charge < -0.3 is 20.5 Å². The Balaban J connectivity index is 0.000000204. The number of aromatic nitrogens is 3. The Kier molecular flexibility index (Phi) is 9.30. The van der Waals surface area contributed by atoms with Gasteiger partial charge in [-0.25, -0.2) is 0 Å². The molecule has 8 nitrogen and oxygen atoms in total. The lowest BCUT2D eigenvalue weighted by molar-refractivity contribution is 0.102. The van der Waals surface area contributed by atoms with Gasteiger partial charge in [0.1, 0.15) is 17.1 Å². The summed E-state index contributed by atoms with van der Waals surface area (Å²) in [7, 11) is 0. The number of carbonyl (C=O) groups is 1. The molecular weight excluding hydrogens is 600 g/mol. The molecule has 0 bridgehead atoms. The number of nitrogens with zero attached hydrogens (tertiary/aromatic N) is 1. The molecule has 48 heavy (non-hydrogen) atoms. The highest BCUT2D eigenvalue weighted by Gasteiger charge is 2.26. The molecule has 6 aromatic rings. The van der Waals surface area contributed by atoms with Crippen molar-refractivity contribution in [3.05, 3.63) is 130 Å². The van der Waals surface area contributed by atoms with Crippen molar-refractivity contribution in [2.45, 2.75) is 59.3 Å². The van der Waals surface area contributed by atoms with E-state index in [0.29, 0.717) is 16.6 Å². The van der Waals surface area contributed by atoms with Crippen LogP contribution in [0.15, 0.2) is 102 Å². The number of hydrogen-bond donors (Lipinski definition) is 5. The number of fused-ring (bicyclic) bond motifs is 1. The predicted octanol–water partition coefficient (Wildman–Crippen LogP) is 8.84. The minimum atomic E-state index is -0.509. The molecule has 5 N–H and O–H groups in total. The molecule has 0 fully saturated rings. The van der Waals surface area contributed by atoms with Gasteiger partial charge in [0.15, 0.2) is 0 Å². The molecule has 2 aromatic heterocycles. The fraction of sp³-hybridized carbons (Fsp3) is 0.225. The van der Waals surface area contributed by atoms with Gasteiger partial charge in [-0.05, 0) is 65.3 Å². The Hall–Kier alpha value is -5.63. The number of phenolic OH excluding ortho intramolecular Hbond substituents is 2. The van der Waals surface area contributed by atoms with Crippen molar-refractivity contribution in [1.82, 2.24) is 15.2 Å². The number of hydrogen-bond acceptors (Lipinski definition) is 5. The lowest BCUT2D eigenvalue weighted by Gasteiger charge is -2.28. The number of benzene rings is 4. The molecule has 0 radical (unpaired) electrons. The van der Waals surface area contributed by atoms with Crippen LogP contribution < -0.4 is 10.7 Å². The summed E-state index contributed by atoms with van der Waals surface area (Å²) < 4.78 is 0. The number of aromatic hydroxyl groups is 2. The van der Waals surface area contributed by atoms with Crippen LogP contribution in [-0.2, 0) is 10.8 Å². The first-order chi connectivity index (χ1) is 22.6. The zero-order valence-electron chi connectivity index (χ0n) is 28.4. The van der Waals surface area contributed by atoms with E-state index in [0.717, 1.165) is 39.2 Å². The zero-order valence-corrected chi connectivity index (χ0v) is 28.4. The summed E-state index contributed by atoms with van der Waals surface area (Å²) in [6.45, 7) is 14.2. The van der Waals surface area contributed by atoms with E-state index < -0.39 is 5.91 Å².